The second-order valence-corrected chi connectivity index (χ2v) is 11.8. The fourth-order valence-corrected chi connectivity index (χ4v) is 6.53. The molecule has 2 aliphatic rings. The zero-order chi connectivity index (χ0) is 28.2. The van der Waals surface area contributed by atoms with E-state index in [1.807, 2.05) is 35.4 Å². The number of carbonyl (C=O) groups is 1. The molecular formula is C33H39ClN6O. The summed E-state index contributed by atoms with van der Waals surface area (Å²) in [5, 5.41) is 0.777. The number of pyridine rings is 1. The van der Waals surface area contributed by atoms with Crippen LogP contribution in [0.25, 0.3) is 16.6 Å². The van der Waals surface area contributed by atoms with Crippen LogP contribution in [0.1, 0.15) is 24.2 Å². The van der Waals surface area contributed by atoms with Crippen LogP contribution in [0.2, 0.25) is 5.02 Å². The average molecular weight is 571 g/mol. The van der Waals surface area contributed by atoms with E-state index in [1.165, 1.54) is 16.7 Å². The van der Waals surface area contributed by atoms with Crippen LogP contribution in [0.3, 0.4) is 0 Å². The number of likely N-dealkylation sites (tertiary alicyclic amines) is 1. The lowest BCUT2D eigenvalue weighted by Crippen LogP contribution is -2.55. The highest BCUT2D eigenvalue weighted by Crippen LogP contribution is 2.28. The Bertz CT molecular complexity index is 1460. The number of benzene rings is 2. The fourth-order valence-electron chi connectivity index (χ4n) is 6.34. The molecule has 2 saturated heterocycles. The van der Waals surface area contributed by atoms with E-state index in [0.717, 1.165) is 88.0 Å². The number of nitrogens with zero attached hydrogens (tertiary/aromatic N) is 5. The lowest BCUT2D eigenvalue weighted by atomic mass is 9.88. The largest absolute Gasteiger partial charge is 0.339 e. The van der Waals surface area contributed by atoms with Crippen LogP contribution in [-0.2, 0) is 17.8 Å². The van der Waals surface area contributed by atoms with Crippen LogP contribution in [0.4, 0.5) is 0 Å². The number of hydrogen-bond donors (Lipinski definition) is 1. The molecule has 2 aliphatic heterocycles. The number of hydrogen-bond acceptors (Lipinski definition) is 5. The molecule has 214 valence electrons. The van der Waals surface area contributed by atoms with E-state index in [9.17, 15) is 4.79 Å². The molecule has 4 aromatic rings. The summed E-state index contributed by atoms with van der Waals surface area (Å²) in [5.74, 6) is 1.38. The second-order valence-electron chi connectivity index (χ2n) is 11.4. The smallest absolute Gasteiger partial charge is 0.239 e. The van der Waals surface area contributed by atoms with Gasteiger partial charge in [0.1, 0.15) is 5.82 Å². The van der Waals surface area contributed by atoms with Crippen molar-refractivity contribution in [3.8, 4) is 11.1 Å². The summed E-state index contributed by atoms with van der Waals surface area (Å²) in [6, 6.07) is 22.4. The first-order valence-corrected chi connectivity index (χ1v) is 15.2. The number of piperidine rings is 1. The normalized spacial score (nSPS) is 18.1. The Hall–Kier alpha value is -3.23. The Kier molecular flexibility index (Phi) is 8.67. The van der Waals surface area contributed by atoms with Gasteiger partial charge in [-0.05, 0) is 79.2 Å². The summed E-state index contributed by atoms with van der Waals surface area (Å²) in [4.78, 5) is 24.8. The van der Waals surface area contributed by atoms with Gasteiger partial charge in [0.05, 0.1) is 24.3 Å². The maximum atomic E-state index is 13.3. The molecule has 6 rings (SSSR count). The number of aromatic nitrogens is 2. The highest BCUT2D eigenvalue weighted by atomic mass is 35.5. The van der Waals surface area contributed by atoms with Crippen molar-refractivity contribution in [2.45, 2.75) is 31.8 Å². The van der Waals surface area contributed by atoms with Gasteiger partial charge in [0, 0.05) is 43.9 Å². The lowest BCUT2D eigenvalue weighted by Gasteiger charge is -2.39. The Morgan fingerprint density at radius 2 is 1.68 bits per heavy atom. The van der Waals surface area contributed by atoms with E-state index in [1.54, 1.807) is 0 Å². The molecule has 2 aromatic heterocycles. The van der Waals surface area contributed by atoms with Crippen LogP contribution < -0.4 is 5.73 Å². The minimum atomic E-state index is -0.419. The third kappa shape index (κ3) is 6.49. The number of imidazole rings is 1. The molecule has 4 heterocycles. The zero-order valence-corrected chi connectivity index (χ0v) is 24.3. The molecule has 2 fully saturated rings. The topological polar surface area (TPSA) is 70.1 Å². The summed E-state index contributed by atoms with van der Waals surface area (Å²) < 4.78 is 2.14. The summed E-state index contributed by atoms with van der Waals surface area (Å²) in [6.07, 6.45) is 6.83. The van der Waals surface area contributed by atoms with Gasteiger partial charge < -0.3 is 19.9 Å². The molecule has 1 atom stereocenters. The highest BCUT2D eigenvalue weighted by Gasteiger charge is 2.32. The predicted molar refractivity (Wildman–Crippen MR) is 165 cm³/mol. The summed E-state index contributed by atoms with van der Waals surface area (Å²) in [6.45, 7) is 6.82. The molecule has 41 heavy (non-hydrogen) atoms. The van der Waals surface area contributed by atoms with Gasteiger partial charge in [-0.25, -0.2) is 4.98 Å². The van der Waals surface area contributed by atoms with Crippen LogP contribution in [0.15, 0.2) is 79.1 Å². The fraction of sp³-hybridized carbons (Fsp3) is 0.394. The third-order valence-electron chi connectivity index (χ3n) is 8.84. The van der Waals surface area contributed by atoms with E-state index in [2.05, 4.69) is 67.8 Å². The molecule has 0 radical (unpaired) electrons. The van der Waals surface area contributed by atoms with Gasteiger partial charge >= 0.3 is 0 Å². The minimum Gasteiger partial charge on any atom is -0.339 e. The lowest BCUT2D eigenvalue weighted by molar-refractivity contribution is -0.136. The maximum Gasteiger partial charge on any atom is 0.239 e. The molecule has 2 aromatic carbocycles. The zero-order valence-electron chi connectivity index (χ0n) is 23.5. The van der Waals surface area contributed by atoms with Crippen molar-refractivity contribution in [2.24, 2.45) is 11.7 Å². The molecule has 2 N–H and O–H groups in total. The van der Waals surface area contributed by atoms with Gasteiger partial charge in [-0.1, -0.05) is 54.1 Å². The van der Waals surface area contributed by atoms with Crippen molar-refractivity contribution < 1.29 is 4.79 Å². The van der Waals surface area contributed by atoms with E-state index < -0.39 is 6.04 Å². The van der Waals surface area contributed by atoms with Crippen molar-refractivity contribution in [2.75, 3.05) is 45.8 Å². The molecule has 0 unspecified atom stereocenters. The van der Waals surface area contributed by atoms with Crippen LogP contribution in [-0.4, -0.2) is 81.8 Å². The molecule has 0 spiro atoms. The number of halogens is 1. The summed E-state index contributed by atoms with van der Waals surface area (Å²) in [7, 11) is 0. The first-order valence-electron chi connectivity index (χ1n) is 14.8. The van der Waals surface area contributed by atoms with Crippen molar-refractivity contribution in [3.63, 3.8) is 0 Å². The number of carbonyl (C=O) groups excluding carboxylic acids is 1. The number of amides is 1. The first-order chi connectivity index (χ1) is 20.0. The quantitative estimate of drug-likeness (QED) is 0.336. The number of rotatable bonds is 8. The Balaban J connectivity index is 0.966. The van der Waals surface area contributed by atoms with E-state index in [-0.39, 0.29) is 11.8 Å². The van der Waals surface area contributed by atoms with E-state index in [0.29, 0.717) is 0 Å². The number of piperazine rings is 1. The Morgan fingerprint density at radius 3 is 2.46 bits per heavy atom. The molecule has 0 saturated carbocycles. The third-order valence-corrected chi connectivity index (χ3v) is 9.07. The predicted octanol–water partition coefficient (Wildman–Crippen LogP) is 4.58. The highest BCUT2D eigenvalue weighted by molar-refractivity contribution is 6.30. The van der Waals surface area contributed by atoms with Gasteiger partial charge in [0.15, 0.2) is 0 Å². The van der Waals surface area contributed by atoms with Crippen molar-refractivity contribution >= 4 is 23.0 Å². The van der Waals surface area contributed by atoms with Crippen LogP contribution in [0, 0.1) is 5.92 Å². The molecule has 1 amide bonds. The molecule has 0 aliphatic carbocycles. The van der Waals surface area contributed by atoms with Crippen molar-refractivity contribution in [3.05, 3.63) is 95.5 Å². The SMILES string of the molecule is N[C@@H](C(=O)N1CCN(Cc2ncc3ccccn23)CC1)C1CCN(CCc2cc(Cl)ccc2-c2ccccc2)CC1. The van der Waals surface area contributed by atoms with Gasteiger partial charge in [-0.2, -0.15) is 0 Å². The minimum absolute atomic E-state index is 0.112. The molecule has 7 nitrogen and oxygen atoms in total. The molecule has 8 heteroatoms. The first kappa shape index (κ1) is 27.9. The van der Waals surface area contributed by atoms with Gasteiger partial charge in [-0.3, -0.25) is 9.69 Å². The standard InChI is InChI=1S/C33H39ClN6O/c34-28-9-10-30(25-6-2-1-3-7-25)27(22-28)13-17-37-15-11-26(12-16-37)32(35)33(41)39-20-18-38(19-21-39)24-31-36-23-29-8-4-5-14-40(29)31/h1-10,14,22-23,26,32H,11-13,15-21,24,35H2/t32-/m1/s1. The van der Waals surface area contributed by atoms with Crippen LogP contribution >= 0.6 is 11.6 Å². The summed E-state index contributed by atoms with van der Waals surface area (Å²) in [5.41, 5.74) is 11.4. The van der Waals surface area contributed by atoms with Crippen molar-refractivity contribution in [1.82, 2.24) is 24.1 Å². The van der Waals surface area contributed by atoms with E-state index >= 15 is 0 Å². The number of fused-ring (bicyclic) bond motifs is 1. The molecule has 0 bridgehead atoms. The molecular weight excluding hydrogens is 532 g/mol. The number of nitrogens with two attached hydrogens (primary N) is 1. The van der Waals surface area contributed by atoms with Gasteiger partial charge in [0.2, 0.25) is 5.91 Å². The monoisotopic (exact) mass is 570 g/mol. The van der Waals surface area contributed by atoms with Crippen molar-refractivity contribution in [1.29, 1.82) is 0 Å². The Morgan fingerprint density at radius 1 is 0.927 bits per heavy atom. The average Bonchev–Trinajstić information content (AvgIpc) is 3.43. The van der Waals surface area contributed by atoms with Crippen LogP contribution in [0.5, 0.6) is 0 Å². The van der Waals surface area contributed by atoms with Gasteiger partial charge in [-0.15, -0.1) is 0 Å². The van der Waals surface area contributed by atoms with E-state index in [4.69, 9.17) is 17.3 Å². The second kappa shape index (κ2) is 12.7. The maximum absolute atomic E-state index is 13.3. The Labute approximate surface area is 247 Å². The summed E-state index contributed by atoms with van der Waals surface area (Å²) >= 11 is 6.36. The van der Waals surface area contributed by atoms with Gasteiger partial charge in [0.25, 0.3) is 0 Å².